The molecule has 0 bridgehead atoms. The van der Waals surface area contributed by atoms with Gasteiger partial charge in [-0.15, -0.1) is 0 Å². The molecular weight excluding hydrogens is 372 g/mol. The van der Waals surface area contributed by atoms with Gasteiger partial charge in [0.05, 0.1) is 0 Å². The van der Waals surface area contributed by atoms with Crippen molar-refractivity contribution in [1.82, 2.24) is 20.9 Å². The maximum atomic E-state index is 12.9. The Balaban J connectivity index is 1.46. The van der Waals surface area contributed by atoms with Crippen LogP contribution in [0.5, 0.6) is 0 Å². The zero-order valence-corrected chi connectivity index (χ0v) is 16.5. The van der Waals surface area contributed by atoms with Crippen LogP contribution >= 0.6 is 0 Å². The first-order valence-corrected chi connectivity index (χ1v) is 10.3. The number of benzene rings is 1. The number of carbonyl (C=O) groups is 4. The Morgan fingerprint density at radius 2 is 1.66 bits per heavy atom. The lowest BCUT2D eigenvalue weighted by Crippen LogP contribution is -2.47. The van der Waals surface area contributed by atoms with Gasteiger partial charge in [0.15, 0.2) is 0 Å². The number of nitrogens with zero attached hydrogens (tertiary/aromatic N) is 1. The molecule has 1 spiro atoms. The minimum atomic E-state index is -0.818. The average Bonchev–Trinajstić information content (AvgIpc) is 2.92. The summed E-state index contributed by atoms with van der Waals surface area (Å²) in [7, 11) is 0. The first-order valence-electron chi connectivity index (χ1n) is 10.3. The predicted molar refractivity (Wildman–Crippen MR) is 107 cm³/mol. The molecule has 2 fully saturated rings. The summed E-state index contributed by atoms with van der Waals surface area (Å²) in [5.41, 5.74) is 0.0973. The summed E-state index contributed by atoms with van der Waals surface area (Å²) < 4.78 is 0. The van der Waals surface area contributed by atoms with E-state index in [1.807, 2.05) is 30.3 Å². The number of hydrogen-bond donors (Lipinski definition) is 3. The van der Waals surface area contributed by atoms with Crippen LogP contribution in [0.2, 0.25) is 0 Å². The fourth-order valence-electron chi connectivity index (χ4n) is 3.95. The molecule has 0 aromatic heterocycles. The molecule has 1 heterocycles. The highest BCUT2D eigenvalue weighted by Gasteiger charge is 2.50. The van der Waals surface area contributed by atoms with Gasteiger partial charge in [0.25, 0.3) is 5.91 Å². The van der Waals surface area contributed by atoms with Crippen LogP contribution in [0.15, 0.2) is 30.3 Å². The molecule has 3 rings (SSSR count). The molecule has 2 aliphatic rings. The van der Waals surface area contributed by atoms with E-state index in [-0.39, 0.29) is 18.9 Å². The molecular formula is C21H28N4O4. The summed E-state index contributed by atoms with van der Waals surface area (Å²) in [6.07, 6.45) is 6.26. The third-order valence-electron chi connectivity index (χ3n) is 5.56. The van der Waals surface area contributed by atoms with Gasteiger partial charge in [-0.1, -0.05) is 62.4 Å². The standard InChI is InChI=1S/C21H28N4O4/c26-17(23-19(28)22-15-16-9-5-4-6-10-16)11-14-25-18(27)21(24-20(25)29)12-7-2-1-3-8-13-21/h4-6,9-10H,1-3,7-8,11-15H2,(H,24,29)(H2,22,23,26,28). The Kier molecular flexibility index (Phi) is 6.85. The molecule has 6 amide bonds. The molecule has 0 radical (unpaired) electrons. The molecule has 1 saturated carbocycles. The SMILES string of the molecule is O=C(CCN1C(=O)NC2(CCCCCCC2)C1=O)NC(=O)NCc1ccccc1. The van der Waals surface area contributed by atoms with E-state index in [2.05, 4.69) is 16.0 Å². The minimum absolute atomic E-state index is 0.0375. The molecule has 1 aliphatic carbocycles. The number of hydrogen-bond acceptors (Lipinski definition) is 4. The van der Waals surface area contributed by atoms with Crippen LogP contribution in [-0.2, 0) is 16.1 Å². The third-order valence-corrected chi connectivity index (χ3v) is 5.56. The maximum absolute atomic E-state index is 12.9. The predicted octanol–water partition coefficient (Wildman–Crippen LogP) is 2.44. The average molecular weight is 400 g/mol. The van der Waals surface area contributed by atoms with Crippen molar-refractivity contribution in [2.45, 2.75) is 63.5 Å². The van der Waals surface area contributed by atoms with Crippen molar-refractivity contribution in [2.24, 2.45) is 0 Å². The summed E-state index contributed by atoms with van der Waals surface area (Å²) in [6.45, 7) is 0.264. The number of nitrogens with one attached hydrogen (secondary N) is 3. The Hall–Kier alpha value is -2.90. The van der Waals surface area contributed by atoms with Gasteiger partial charge in [0, 0.05) is 19.5 Å². The number of urea groups is 2. The van der Waals surface area contributed by atoms with E-state index in [1.165, 1.54) is 0 Å². The van der Waals surface area contributed by atoms with E-state index < -0.39 is 23.5 Å². The quantitative estimate of drug-likeness (QED) is 0.660. The van der Waals surface area contributed by atoms with E-state index in [1.54, 1.807) is 0 Å². The highest BCUT2D eigenvalue weighted by molar-refractivity contribution is 6.07. The lowest BCUT2D eigenvalue weighted by molar-refractivity contribution is -0.132. The lowest BCUT2D eigenvalue weighted by Gasteiger charge is -2.28. The van der Waals surface area contributed by atoms with Crippen molar-refractivity contribution in [3.8, 4) is 0 Å². The molecule has 156 valence electrons. The monoisotopic (exact) mass is 400 g/mol. The molecule has 8 heteroatoms. The summed E-state index contributed by atoms with van der Waals surface area (Å²) in [6, 6.07) is 8.28. The first kappa shape index (κ1) is 20.8. The Morgan fingerprint density at radius 1 is 1.00 bits per heavy atom. The summed E-state index contributed by atoms with van der Waals surface area (Å²) in [5.74, 6) is -0.777. The molecule has 3 N–H and O–H groups in total. The normalized spacial score (nSPS) is 18.7. The van der Waals surface area contributed by atoms with Gasteiger partial charge in [-0.2, -0.15) is 0 Å². The van der Waals surface area contributed by atoms with Crippen molar-refractivity contribution in [2.75, 3.05) is 6.54 Å². The number of imide groups is 2. The molecule has 8 nitrogen and oxygen atoms in total. The Labute approximate surface area is 170 Å². The van der Waals surface area contributed by atoms with Crippen LogP contribution in [0.3, 0.4) is 0 Å². The molecule has 0 atom stereocenters. The van der Waals surface area contributed by atoms with E-state index in [0.717, 1.165) is 42.6 Å². The van der Waals surface area contributed by atoms with Crippen molar-refractivity contribution < 1.29 is 19.2 Å². The van der Waals surface area contributed by atoms with Crippen molar-refractivity contribution in [1.29, 1.82) is 0 Å². The van der Waals surface area contributed by atoms with Gasteiger partial charge in [-0.25, -0.2) is 9.59 Å². The molecule has 0 unspecified atom stereocenters. The van der Waals surface area contributed by atoms with Crippen LogP contribution in [0.1, 0.15) is 56.9 Å². The van der Waals surface area contributed by atoms with E-state index in [9.17, 15) is 19.2 Å². The van der Waals surface area contributed by atoms with Crippen LogP contribution < -0.4 is 16.0 Å². The van der Waals surface area contributed by atoms with Crippen LogP contribution in [0.25, 0.3) is 0 Å². The molecule has 1 aromatic rings. The largest absolute Gasteiger partial charge is 0.334 e. The third kappa shape index (κ3) is 5.34. The maximum Gasteiger partial charge on any atom is 0.325 e. The zero-order chi connectivity index (χ0) is 20.7. The van der Waals surface area contributed by atoms with Gasteiger partial charge in [-0.05, 0) is 18.4 Å². The van der Waals surface area contributed by atoms with E-state index in [0.29, 0.717) is 19.4 Å². The first-order chi connectivity index (χ1) is 14.0. The van der Waals surface area contributed by atoms with Gasteiger partial charge in [0.1, 0.15) is 5.54 Å². The van der Waals surface area contributed by atoms with Crippen LogP contribution in [0.4, 0.5) is 9.59 Å². The second kappa shape index (κ2) is 9.54. The highest BCUT2D eigenvalue weighted by Crippen LogP contribution is 2.32. The smallest absolute Gasteiger partial charge is 0.325 e. The fraction of sp³-hybridized carbons (Fsp3) is 0.524. The lowest BCUT2D eigenvalue weighted by atomic mass is 9.84. The number of carbonyl (C=O) groups excluding carboxylic acids is 4. The second-order valence-electron chi connectivity index (χ2n) is 7.70. The van der Waals surface area contributed by atoms with E-state index >= 15 is 0 Å². The number of amides is 6. The van der Waals surface area contributed by atoms with Crippen molar-refractivity contribution in [3.05, 3.63) is 35.9 Å². The topological polar surface area (TPSA) is 108 Å². The highest BCUT2D eigenvalue weighted by atomic mass is 16.2. The summed E-state index contributed by atoms with van der Waals surface area (Å²) in [5, 5.41) is 7.70. The van der Waals surface area contributed by atoms with Gasteiger partial charge in [0.2, 0.25) is 5.91 Å². The molecule has 29 heavy (non-hydrogen) atoms. The van der Waals surface area contributed by atoms with Gasteiger partial charge in [-0.3, -0.25) is 19.8 Å². The fourth-order valence-corrected chi connectivity index (χ4v) is 3.95. The Morgan fingerprint density at radius 3 is 2.34 bits per heavy atom. The Bertz CT molecular complexity index is 757. The summed E-state index contributed by atoms with van der Waals surface area (Å²) >= 11 is 0. The van der Waals surface area contributed by atoms with Crippen LogP contribution in [-0.4, -0.2) is 40.9 Å². The molecule has 1 aromatic carbocycles. The molecule has 1 saturated heterocycles. The van der Waals surface area contributed by atoms with E-state index in [4.69, 9.17) is 0 Å². The summed E-state index contributed by atoms with van der Waals surface area (Å²) in [4.78, 5) is 50.3. The van der Waals surface area contributed by atoms with Gasteiger partial charge < -0.3 is 10.6 Å². The minimum Gasteiger partial charge on any atom is -0.334 e. The van der Waals surface area contributed by atoms with Crippen LogP contribution in [0, 0.1) is 0 Å². The number of rotatable bonds is 5. The molecule has 1 aliphatic heterocycles. The van der Waals surface area contributed by atoms with Crippen molar-refractivity contribution >= 4 is 23.9 Å². The second-order valence-corrected chi connectivity index (χ2v) is 7.70. The van der Waals surface area contributed by atoms with Gasteiger partial charge >= 0.3 is 12.1 Å². The zero-order valence-electron chi connectivity index (χ0n) is 16.5. The van der Waals surface area contributed by atoms with Crippen molar-refractivity contribution in [3.63, 3.8) is 0 Å².